The zero-order valence-corrected chi connectivity index (χ0v) is 16.0. The van der Waals surface area contributed by atoms with Crippen molar-refractivity contribution in [3.8, 4) is 5.75 Å². The van der Waals surface area contributed by atoms with Crippen LogP contribution >= 0.6 is 0 Å². The van der Waals surface area contributed by atoms with Crippen molar-refractivity contribution in [1.29, 1.82) is 0 Å². The van der Waals surface area contributed by atoms with E-state index in [1.54, 1.807) is 7.05 Å². The second-order valence-corrected chi connectivity index (χ2v) is 7.86. The number of fused-ring (bicyclic) bond motifs is 1. The third kappa shape index (κ3) is 3.53. The number of carbonyl (C=O) groups excluding carboxylic acids is 2. The van der Waals surface area contributed by atoms with Gasteiger partial charge in [0.25, 0.3) is 0 Å². The van der Waals surface area contributed by atoms with Gasteiger partial charge in [-0.1, -0.05) is 12.1 Å². The molecule has 2 amide bonds. The molecule has 0 aromatic heterocycles. The average Bonchev–Trinajstić information content (AvgIpc) is 2.65. The number of hydrogen-bond donors (Lipinski definition) is 1. The standard InChI is InChI=1S/C20H27N3O4/c1-21-19(25)16-10-27-20(11-22(16)2)12-23(13-20)18(24)9-14-5-6-17-15(8-14)4-3-7-26-17/h5-6,8,16H,3-4,7,9-13H2,1-2H3,(H,21,25)/t16-/m0/s1. The molecule has 0 bridgehead atoms. The lowest BCUT2D eigenvalue weighted by Crippen LogP contribution is -2.73. The van der Waals surface area contributed by atoms with Gasteiger partial charge in [-0.05, 0) is 37.1 Å². The molecule has 3 aliphatic heterocycles. The maximum absolute atomic E-state index is 12.7. The summed E-state index contributed by atoms with van der Waals surface area (Å²) in [5.74, 6) is 1.04. The Bertz CT molecular complexity index is 745. The van der Waals surface area contributed by atoms with Crippen molar-refractivity contribution < 1.29 is 19.1 Å². The molecule has 27 heavy (non-hydrogen) atoms. The van der Waals surface area contributed by atoms with E-state index in [9.17, 15) is 9.59 Å². The molecule has 0 unspecified atom stereocenters. The topological polar surface area (TPSA) is 71.1 Å². The van der Waals surface area contributed by atoms with Crippen LogP contribution in [0.3, 0.4) is 0 Å². The van der Waals surface area contributed by atoms with Crippen LogP contribution in [0.1, 0.15) is 17.5 Å². The second kappa shape index (κ2) is 7.13. The predicted octanol–water partition coefficient (Wildman–Crippen LogP) is 0.212. The number of benzene rings is 1. The maximum atomic E-state index is 12.7. The summed E-state index contributed by atoms with van der Waals surface area (Å²) < 4.78 is 11.6. The number of morpholine rings is 1. The third-order valence-electron chi connectivity index (χ3n) is 5.81. The summed E-state index contributed by atoms with van der Waals surface area (Å²) in [6.07, 6.45) is 2.44. The van der Waals surface area contributed by atoms with Crippen molar-refractivity contribution in [3.63, 3.8) is 0 Å². The van der Waals surface area contributed by atoms with Crippen LogP contribution in [0.5, 0.6) is 5.75 Å². The number of carbonyl (C=O) groups is 2. The molecule has 7 nitrogen and oxygen atoms in total. The molecule has 1 atom stereocenters. The highest BCUT2D eigenvalue weighted by Crippen LogP contribution is 2.31. The van der Waals surface area contributed by atoms with E-state index in [0.717, 1.165) is 30.8 Å². The first-order valence-corrected chi connectivity index (χ1v) is 9.58. The molecule has 1 aromatic carbocycles. The zero-order valence-electron chi connectivity index (χ0n) is 16.0. The highest BCUT2D eigenvalue weighted by molar-refractivity contribution is 5.82. The van der Waals surface area contributed by atoms with E-state index in [-0.39, 0.29) is 23.5 Å². The van der Waals surface area contributed by atoms with Crippen molar-refractivity contribution in [2.45, 2.75) is 30.9 Å². The predicted molar refractivity (Wildman–Crippen MR) is 99.7 cm³/mol. The minimum Gasteiger partial charge on any atom is -0.493 e. The number of nitrogens with zero attached hydrogens (tertiary/aromatic N) is 2. The van der Waals surface area contributed by atoms with Gasteiger partial charge >= 0.3 is 0 Å². The number of rotatable bonds is 3. The Morgan fingerprint density at radius 1 is 1.30 bits per heavy atom. The summed E-state index contributed by atoms with van der Waals surface area (Å²) in [6, 6.07) is 5.80. The SMILES string of the molecule is CNC(=O)[C@@H]1COC2(CN(C(=O)Cc3ccc4c(c3)CCCO4)C2)CN1C. The summed E-state index contributed by atoms with van der Waals surface area (Å²) >= 11 is 0. The smallest absolute Gasteiger partial charge is 0.239 e. The van der Waals surface area contributed by atoms with Gasteiger partial charge in [0.2, 0.25) is 11.8 Å². The molecule has 0 saturated carbocycles. The Morgan fingerprint density at radius 2 is 2.11 bits per heavy atom. The molecule has 3 heterocycles. The van der Waals surface area contributed by atoms with Crippen molar-refractivity contribution in [2.24, 2.45) is 0 Å². The molecule has 2 saturated heterocycles. The van der Waals surface area contributed by atoms with Gasteiger partial charge in [-0.2, -0.15) is 0 Å². The van der Waals surface area contributed by atoms with Gasteiger partial charge in [-0.15, -0.1) is 0 Å². The number of aryl methyl sites for hydroxylation is 1. The molecule has 3 aliphatic rings. The lowest BCUT2D eigenvalue weighted by atomic mass is 9.90. The summed E-state index contributed by atoms with van der Waals surface area (Å²) in [5.41, 5.74) is 1.90. The molecule has 0 radical (unpaired) electrons. The molecule has 7 heteroatoms. The highest BCUT2D eigenvalue weighted by Gasteiger charge is 2.50. The van der Waals surface area contributed by atoms with Gasteiger partial charge in [0, 0.05) is 13.6 Å². The van der Waals surface area contributed by atoms with Crippen LogP contribution in [-0.2, 0) is 27.2 Å². The van der Waals surface area contributed by atoms with Crippen LogP contribution in [0.15, 0.2) is 18.2 Å². The lowest BCUT2D eigenvalue weighted by molar-refractivity contribution is -0.200. The van der Waals surface area contributed by atoms with Crippen LogP contribution in [-0.4, -0.2) is 80.2 Å². The van der Waals surface area contributed by atoms with Crippen LogP contribution in [0.25, 0.3) is 0 Å². The first-order chi connectivity index (χ1) is 13.0. The van der Waals surface area contributed by atoms with Gasteiger partial charge in [0.15, 0.2) is 0 Å². The van der Waals surface area contributed by atoms with Crippen molar-refractivity contribution in [2.75, 3.05) is 46.9 Å². The molecule has 146 valence electrons. The number of likely N-dealkylation sites (tertiary alicyclic amines) is 1. The van der Waals surface area contributed by atoms with Crippen LogP contribution in [0.4, 0.5) is 0 Å². The Balaban J connectivity index is 1.32. The molecular weight excluding hydrogens is 346 g/mol. The van der Waals surface area contributed by atoms with E-state index in [1.165, 1.54) is 5.56 Å². The van der Waals surface area contributed by atoms with E-state index < -0.39 is 0 Å². The van der Waals surface area contributed by atoms with Gasteiger partial charge in [0.1, 0.15) is 17.4 Å². The summed E-state index contributed by atoms with van der Waals surface area (Å²) in [4.78, 5) is 28.4. The summed E-state index contributed by atoms with van der Waals surface area (Å²) in [7, 11) is 3.57. The minimum absolute atomic E-state index is 0.0315. The first kappa shape index (κ1) is 18.3. The molecule has 1 aromatic rings. The van der Waals surface area contributed by atoms with E-state index in [2.05, 4.69) is 11.4 Å². The second-order valence-electron chi connectivity index (χ2n) is 7.86. The van der Waals surface area contributed by atoms with Gasteiger partial charge in [-0.3, -0.25) is 14.5 Å². The fourth-order valence-corrected chi connectivity index (χ4v) is 4.26. The molecule has 1 N–H and O–H groups in total. The molecular formula is C20H27N3O4. The zero-order chi connectivity index (χ0) is 19.0. The first-order valence-electron chi connectivity index (χ1n) is 9.58. The quantitative estimate of drug-likeness (QED) is 0.820. The van der Waals surface area contributed by atoms with Crippen LogP contribution in [0.2, 0.25) is 0 Å². The molecule has 2 fully saturated rings. The molecule has 0 aliphatic carbocycles. The number of nitrogens with one attached hydrogen (secondary N) is 1. The Kier molecular flexibility index (Phi) is 4.82. The van der Waals surface area contributed by atoms with Gasteiger partial charge in [0.05, 0.1) is 32.7 Å². The molecule has 4 rings (SSSR count). The fourth-order valence-electron chi connectivity index (χ4n) is 4.26. The fraction of sp³-hybridized carbons (Fsp3) is 0.600. The number of hydrogen-bond acceptors (Lipinski definition) is 5. The lowest BCUT2D eigenvalue weighted by Gasteiger charge is -2.54. The normalized spacial score (nSPS) is 23.9. The number of ether oxygens (including phenoxy) is 2. The molecule has 1 spiro atoms. The Labute approximate surface area is 159 Å². The number of amides is 2. The Morgan fingerprint density at radius 3 is 2.85 bits per heavy atom. The summed E-state index contributed by atoms with van der Waals surface area (Å²) in [5, 5.41) is 2.67. The maximum Gasteiger partial charge on any atom is 0.239 e. The van der Waals surface area contributed by atoms with E-state index >= 15 is 0 Å². The van der Waals surface area contributed by atoms with Crippen LogP contribution < -0.4 is 10.1 Å². The highest BCUT2D eigenvalue weighted by atomic mass is 16.5. The van der Waals surface area contributed by atoms with E-state index in [0.29, 0.717) is 32.7 Å². The van der Waals surface area contributed by atoms with E-state index in [1.807, 2.05) is 29.0 Å². The third-order valence-corrected chi connectivity index (χ3v) is 5.81. The monoisotopic (exact) mass is 373 g/mol. The summed E-state index contributed by atoms with van der Waals surface area (Å²) in [6.45, 7) is 2.97. The van der Waals surface area contributed by atoms with Gasteiger partial charge < -0.3 is 19.7 Å². The van der Waals surface area contributed by atoms with Crippen molar-refractivity contribution >= 4 is 11.8 Å². The number of likely N-dealkylation sites (N-methyl/N-ethyl adjacent to an activating group) is 2. The minimum atomic E-state index is -0.335. The van der Waals surface area contributed by atoms with Gasteiger partial charge in [-0.25, -0.2) is 0 Å². The van der Waals surface area contributed by atoms with Crippen molar-refractivity contribution in [3.05, 3.63) is 29.3 Å². The largest absolute Gasteiger partial charge is 0.493 e. The average molecular weight is 373 g/mol. The van der Waals surface area contributed by atoms with Crippen LogP contribution in [0, 0.1) is 0 Å². The Hall–Kier alpha value is -2.12. The van der Waals surface area contributed by atoms with E-state index in [4.69, 9.17) is 9.47 Å². The van der Waals surface area contributed by atoms with Crippen molar-refractivity contribution in [1.82, 2.24) is 15.1 Å².